The molecular formula is C25H19F3N2O2S. The van der Waals surface area contributed by atoms with E-state index in [0.29, 0.717) is 35.5 Å². The van der Waals surface area contributed by atoms with Crippen LogP contribution in [-0.4, -0.2) is 17.5 Å². The fourth-order valence-corrected chi connectivity index (χ4v) is 4.10. The van der Waals surface area contributed by atoms with Crippen LogP contribution in [0.5, 0.6) is 5.75 Å². The fourth-order valence-electron chi connectivity index (χ4n) is 3.50. The Morgan fingerprint density at radius 1 is 0.939 bits per heavy atom. The molecule has 0 aliphatic heterocycles. The average molecular weight is 469 g/mol. The third kappa shape index (κ3) is 5.23. The van der Waals surface area contributed by atoms with Gasteiger partial charge >= 0.3 is 6.18 Å². The van der Waals surface area contributed by atoms with E-state index in [1.807, 2.05) is 17.5 Å². The summed E-state index contributed by atoms with van der Waals surface area (Å²) in [7, 11) is 0. The van der Waals surface area contributed by atoms with Crippen LogP contribution in [-0.2, 0) is 12.6 Å². The number of halogens is 3. The first-order valence-electron chi connectivity index (χ1n) is 10.0. The van der Waals surface area contributed by atoms with Crippen LogP contribution in [0.2, 0.25) is 0 Å². The molecule has 2 N–H and O–H groups in total. The number of carbonyl (C=O) groups excluding carboxylic acids is 1. The molecule has 3 aromatic carbocycles. The summed E-state index contributed by atoms with van der Waals surface area (Å²) in [4.78, 5) is 16.6. The zero-order valence-electron chi connectivity index (χ0n) is 17.3. The van der Waals surface area contributed by atoms with Gasteiger partial charge in [-0.15, -0.1) is 11.3 Å². The van der Waals surface area contributed by atoms with E-state index in [-0.39, 0.29) is 5.56 Å². The molecule has 0 aliphatic rings. The quantitative estimate of drug-likeness (QED) is 0.350. The van der Waals surface area contributed by atoms with Gasteiger partial charge in [0.25, 0.3) is 0 Å². The number of alkyl halides is 3. The lowest BCUT2D eigenvalue weighted by Crippen LogP contribution is -2.14. The van der Waals surface area contributed by atoms with Crippen molar-refractivity contribution < 1.29 is 22.7 Å². The Morgan fingerprint density at radius 2 is 1.55 bits per heavy atom. The molecule has 1 heterocycles. The van der Waals surface area contributed by atoms with Crippen LogP contribution in [0.3, 0.4) is 0 Å². The maximum Gasteiger partial charge on any atom is 0.416 e. The highest BCUT2D eigenvalue weighted by molar-refractivity contribution is 7.07. The molecule has 0 unspecified atom stereocenters. The standard InChI is InChI=1S/C25H19F3N2O2S/c26-25(27,28)18-8-4-16(5-9-18)21-2-1-3-22(23(21)24(29)31)17-6-10-20(11-7-17)32-13-12-19-14-33-15-30-19/h1-11,14-15H,12-13H2,(H2,29,31). The normalized spacial score (nSPS) is 11.4. The highest BCUT2D eigenvalue weighted by Crippen LogP contribution is 2.35. The monoisotopic (exact) mass is 468 g/mol. The van der Waals surface area contributed by atoms with Gasteiger partial charge in [0.05, 0.1) is 28.9 Å². The average Bonchev–Trinajstić information content (AvgIpc) is 3.32. The van der Waals surface area contributed by atoms with Crippen LogP contribution in [0.1, 0.15) is 21.6 Å². The van der Waals surface area contributed by atoms with Crippen LogP contribution in [0.4, 0.5) is 13.2 Å². The van der Waals surface area contributed by atoms with E-state index in [0.717, 1.165) is 23.4 Å². The van der Waals surface area contributed by atoms with Gasteiger partial charge in [-0.1, -0.05) is 42.5 Å². The van der Waals surface area contributed by atoms with Gasteiger partial charge < -0.3 is 10.5 Å². The second kappa shape index (κ2) is 9.46. The molecule has 0 aliphatic carbocycles. The summed E-state index contributed by atoms with van der Waals surface area (Å²) in [6.45, 7) is 0.485. The minimum Gasteiger partial charge on any atom is -0.493 e. The topological polar surface area (TPSA) is 65.2 Å². The summed E-state index contributed by atoms with van der Waals surface area (Å²) >= 11 is 1.54. The highest BCUT2D eigenvalue weighted by Gasteiger charge is 2.30. The minimum absolute atomic E-state index is 0.245. The molecule has 0 saturated carbocycles. The molecule has 33 heavy (non-hydrogen) atoms. The first-order valence-corrected chi connectivity index (χ1v) is 11.0. The van der Waals surface area contributed by atoms with Crippen molar-refractivity contribution in [1.82, 2.24) is 4.98 Å². The number of amides is 1. The second-order valence-electron chi connectivity index (χ2n) is 7.27. The maximum absolute atomic E-state index is 12.9. The molecular weight excluding hydrogens is 449 g/mol. The number of carbonyl (C=O) groups is 1. The Hall–Kier alpha value is -3.65. The van der Waals surface area contributed by atoms with Gasteiger partial charge in [0.15, 0.2) is 0 Å². The van der Waals surface area contributed by atoms with Crippen molar-refractivity contribution in [2.24, 2.45) is 5.73 Å². The van der Waals surface area contributed by atoms with E-state index in [4.69, 9.17) is 10.5 Å². The van der Waals surface area contributed by atoms with E-state index in [9.17, 15) is 18.0 Å². The Labute approximate surface area is 192 Å². The summed E-state index contributed by atoms with van der Waals surface area (Å²) in [5, 5.41) is 1.97. The van der Waals surface area contributed by atoms with E-state index in [1.165, 1.54) is 23.5 Å². The van der Waals surface area contributed by atoms with Gasteiger partial charge in [0.2, 0.25) is 5.91 Å². The molecule has 0 saturated heterocycles. The molecule has 168 valence electrons. The third-order valence-electron chi connectivity index (χ3n) is 5.11. The number of aromatic nitrogens is 1. The molecule has 4 nitrogen and oxygen atoms in total. The second-order valence-corrected chi connectivity index (χ2v) is 7.99. The van der Waals surface area contributed by atoms with Crippen LogP contribution < -0.4 is 10.5 Å². The van der Waals surface area contributed by atoms with Gasteiger partial charge in [0, 0.05) is 11.8 Å². The van der Waals surface area contributed by atoms with Crippen molar-refractivity contribution >= 4 is 17.2 Å². The molecule has 4 rings (SSSR count). The van der Waals surface area contributed by atoms with Crippen molar-refractivity contribution in [3.05, 3.63) is 94.4 Å². The Kier molecular flexibility index (Phi) is 6.46. The minimum atomic E-state index is -4.43. The first kappa shape index (κ1) is 22.5. The van der Waals surface area contributed by atoms with E-state index >= 15 is 0 Å². The van der Waals surface area contributed by atoms with Crippen molar-refractivity contribution in [2.45, 2.75) is 12.6 Å². The number of primary amides is 1. The Morgan fingerprint density at radius 3 is 2.06 bits per heavy atom. The number of thiazole rings is 1. The molecule has 4 aromatic rings. The van der Waals surface area contributed by atoms with E-state index in [2.05, 4.69) is 4.98 Å². The van der Waals surface area contributed by atoms with Gasteiger partial charge in [-0.2, -0.15) is 13.2 Å². The number of nitrogens with two attached hydrogens (primary N) is 1. The smallest absolute Gasteiger partial charge is 0.416 e. The molecule has 0 radical (unpaired) electrons. The van der Waals surface area contributed by atoms with Crippen LogP contribution in [0.25, 0.3) is 22.3 Å². The molecule has 8 heteroatoms. The number of nitrogens with zero attached hydrogens (tertiary/aromatic N) is 1. The molecule has 1 aromatic heterocycles. The lowest BCUT2D eigenvalue weighted by atomic mass is 9.91. The van der Waals surface area contributed by atoms with Crippen molar-refractivity contribution in [1.29, 1.82) is 0 Å². The molecule has 0 bridgehead atoms. The van der Waals surface area contributed by atoms with Gasteiger partial charge in [-0.05, 0) is 46.5 Å². The first-order chi connectivity index (χ1) is 15.8. The fraction of sp³-hybridized carbons (Fsp3) is 0.120. The molecule has 0 spiro atoms. The summed E-state index contributed by atoms with van der Waals surface area (Å²) in [6, 6.07) is 17.1. The summed E-state index contributed by atoms with van der Waals surface area (Å²) in [5.74, 6) is 0.0117. The number of rotatable bonds is 7. The van der Waals surface area contributed by atoms with Crippen molar-refractivity contribution in [3.8, 4) is 28.0 Å². The highest BCUT2D eigenvalue weighted by atomic mass is 32.1. The number of hydrogen-bond acceptors (Lipinski definition) is 4. The Bertz CT molecular complexity index is 1240. The molecule has 0 atom stereocenters. The van der Waals surface area contributed by atoms with E-state index < -0.39 is 17.6 Å². The summed E-state index contributed by atoms with van der Waals surface area (Å²) in [6.07, 6.45) is -3.73. The van der Waals surface area contributed by atoms with Gasteiger partial charge in [0.1, 0.15) is 5.75 Å². The van der Waals surface area contributed by atoms with E-state index in [1.54, 1.807) is 35.8 Å². The lowest BCUT2D eigenvalue weighted by molar-refractivity contribution is -0.137. The number of hydrogen-bond donors (Lipinski definition) is 1. The molecule has 0 fully saturated rings. The largest absolute Gasteiger partial charge is 0.493 e. The number of benzene rings is 3. The Balaban J connectivity index is 1.59. The predicted octanol–water partition coefficient (Wildman–Crippen LogP) is 6.22. The number of ether oxygens (including phenoxy) is 1. The summed E-state index contributed by atoms with van der Waals surface area (Å²) in [5.41, 5.74) is 10.2. The maximum atomic E-state index is 12.9. The van der Waals surface area contributed by atoms with Crippen LogP contribution in [0.15, 0.2) is 77.6 Å². The zero-order chi connectivity index (χ0) is 23.4. The van der Waals surface area contributed by atoms with Crippen molar-refractivity contribution in [2.75, 3.05) is 6.61 Å². The molecule has 1 amide bonds. The lowest BCUT2D eigenvalue weighted by Gasteiger charge is -2.14. The third-order valence-corrected chi connectivity index (χ3v) is 5.75. The van der Waals surface area contributed by atoms with Gasteiger partial charge in [-0.3, -0.25) is 4.79 Å². The van der Waals surface area contributed by atoms with Crippen LogP contribution >= 0.6 is 11.3 Å². The van der Waals surface area contributed by atoms with Crippen molar-refractivity contribution in [3.63, 3.8) is 0 Å². The van der Waals surface area contributed by atoms with Crippen LogP contribution in [0, 0.1) is 0 Å². The predicted molar refractivity (Wildman–Crippen MR) is 122 cm³/mol. The SMILES string of the molecule is NC(=O)c1c(-c2ccc(OCCc3cscn3)cc2)cccc1-c1ccc(C(F)(F)F)cc1. The summed E-state index contributed by atoms with van der Waals surface area (Å²) < 4.78 is 44.5. The zero-order valence-corrected chi connectivity index (χ0v) is 18.1. The van der Waals surface area contributed by atoms with Gasteiger partial charge in [-0.25, -0.2) is 4.98 Å².